The van der Waals surface area contributed by atoms with Crippen LogP contribution < -0.4 is 5.32 Å². The van der Waals surface area contributed by atoms with Gasteiger partial charge in [-0.1, -0.05) is 30.3 Å². The number of carboxylic acids is 1. The van der Waals surface area contributed by atoms with Gasteiger partial charge in [-0.15, -0.1) is 0 Å². The van der Waals surface area contributed by atoms with Gasteiger partial charge in [0.2, 0.25) is 5.91 Å². The zero-order valence-electron chi connectivity index (χ0n) is 8.77. The van der Waals surface area contributed by atoms with Crippen LogP contribution in [0.15, 0.2) is 30.3 Å². The summed E-state index contributed by atoms with van der Waals surface area (Å²) in [5.41, 5.74) is -0.346. The number of benzene rings is 1. The Hall–Kier alpha value is -1.84. The summed E-state index contributed by atoms with van der Waals surface area (Å²) < 4.78 is 0. The molecule has 2 rings (SSSR count). The van der Waals surface area contributed by atoms with Gasteiger partial charge in [0.25, 0.3) is 0 Å². The Bertz CT molecular complexity index is 416. The minimum Gasteiger partial charge on any atom is -0.481 e. The zero-order chi connectivity index (χ0) is 11.6. The molecule has 84 valence electrons. The topological polar surface area (TPSA) is 66.4 Å². The lowest BCUT2D eigenvalue weighted by Gasteiger charge is -2.33. The summed E-state index contributed by atoms with van der Waals surface area (Å²) in [6.45, 7) is 0.417. The summed E-state index contributed by atoms with van der Waals surface area (Å²) in [5, 5.41) is 12.0. The van der Waals surface area contributed by atoms with Crippen LogP contribution >= 0.6 is 0 Å². The molecule has 0 aromatic heterocycles. The molecule has 2 N–H and O–H groups in total. The highest BCUT2D eigenvalue weighted by Crippen LogP contribution is 2.33. The third-order valence-electron chi connectivity index (χ3n) is 3.07. The first-order chi connectivity index (χ1) is 7.65. The van der Waals surface area contributed by atoms with Crippen molar-refractivity contribution < 1.29 is 14.7 Å². The third kappa shape index (κ3) is 1.66. The molecule has 0 aliphatic carbocycles. The molecule has 0 bridgehead atoms. The minimum absolute atomic E-state index is 0.0202. The average molecular weight is 219 g/mol. The quantitative estimate of drug-likeness (QED) is 0.777. The Kier molecular flexibility index (Phi) is 2.64. The molecular formula is C12H13NO3. The van der Waals surface area contributed by atoms with Gasteiger partial charge in [-0.3, -0.25) is 9.59 Å². The van der Waals surface area contributed by atoms with Crippen LogP contribution in [0.2, 0.25) is 0 Å². The molecule has 0 saturated carbocycles. The summed E-state index contributed by atoms with van der Waals surface area (Å²) in [6.07, 6.45) is 0.463. The van der Waals surface area contributed by atoms with Gasteiger partial charge in [0.1, 0.15) is 5.41 Å². The Morgan fingerprint density at radius 2 is 2.00 bits per heavy atom. The maximum absolute atomic E-state index is 11.4. The number of hydrogen-bond donors (Lipinski definition) is 2. The van der Waals surface area contributed by atoms with Crippen LogP contribution in [-0.2, 0) is 15.0 Å². The smallest absolute Gasteiger partial charge is 0.314 e. The van der Waals surface area contributed by atoms with Gasteiger partial charge in [0, 0.05) is 13.0 Å². The van der Waals surface area contributed by atoms with E-state index in [9.17, 15) is 14.7 Å². The first-order valence-corrected chi connectivity index (χ1v) is 5.21. The van der Waals surface area contributed by atoms with E-state index in [1.807, 2.05) is 6.07 Å². The molecule has 1 unspecified atom stereocenters. The zero-order valence-corrected chi connectivity index (χ0v) is 8.77. The van der Waals surface area contributed by atoms with Gasteiger partial charge in [-0.25, -0.2) is 0 Å². The van der Waals surface area contributed by atoms with Crippen LogP contribution in [0.5, 0.6) is 0 Å². The lowest BCUT2D eigenvalue weighted by Crippen LogP contribution is -2.48. The van der Waals surface area contributed by atoms with Crippen molar-refractivity contribution in [3.8, 4) is 0 Å². The molecule has 1 heterocycles. The van der Waals surface area contributed by atoms with Crippen LogP contribution in [0.3, 0.4) is 0 Å². The van der Waals surface area contributed by atoms with Crippen LogP contribution in [0, 0.1) is 0 Å². The van der Waals surface area contributed by atoms with E-state index < -0.39 is 11.4 Å². The van der Waals surface area contributed by atoms with Gasteiger partial charge >= 0.3 is 5.97 Å². The van der Waals surface area contributed by atoms with Crippen molar-refractivity contribution in [1.82, 2.24) is 5.32 Å². The maximum Gasteiger partial charge on any atom is 0.314 e. The normalized spacial score (nSPS) is 24.9. The second-order valence-electron chi connectivity index (χ2n) is 4.03. The van der Waals surface area contributed by atoms with Crippen LogP contribution in [0.4, 0.5) is 0 Å². The largest absolute Gasteiger partial charge is 0.481 e. The van der Waals surface area contributed by atoms with Crippen molar-refractivity contribution in [2.24, 2.45) is 0 Å². The maximum atomic E-state index is 11.4. The van der Waals surface area contributed by atoms with Crippen molar-refractivity contribution in [3.63, 3.8) is 0 Å². The highest BCUT2D eigenvalue weighted by Gasteiger charge is 2.44. The van der Waals surface area contributed by atoms with Gasteiger partial charge in [0.15, 0.2) is 0 Å². The SMILES string of the molecule is O=C1CC(C(=O)O)(c2ccccc2)CCN1. The summed E-state index contributed by atoms with van der Waals surface area (Å²) >= 11 is 0. The molecule has 0 radical (unpaired) electrons. The second kappa shape index (κ2) is 3.96. The monoisotopic (exact) mass is 219 g/mol. The molecule has 4 nitrogen and oxygen atoms in total. The fourth-order valence-corrected chi connectivity index (χ4v) is 2.15. The third-order valence-corrected chi connectivity index (χ3v) is 3.07. The number of carboxylic acid groups (broad SMARTS) is 1. The van der Waals surface area contributed by atoms with Gasteiger partial charge in [-0.2, -0.15) is 0 Å². The van der Waals surface area contributed by atoms with Crippen molar-refractivity contribution >= 4 is 11.9 Å². The lowest BCUT2D eigenvalue weighted by atomic mass is 9.73. The van der Waals surface area contributed by atoms with Crippen molar-refractivity contribution in [2.45, 2.75) is 18.3 Å². The van der Waals surface area contributed by atoms with Crippen LogP contribution in [0.25, 0.3) is 0 Å². The van der Waals surface area contributed by atoms with Gasteiger partial charge < -0.3 is 10.4 Å². The van der Waals surface area contributed by atoms with E-state index in [1.54, 1.807) is 24.3 Å². The van der Waals surface area contributed by atoms with Crippen LogP contribution in [0.1, 0.15) is 18.4 Å². The van der Waals surface area contributed by atoms with Gasteiger partial charge in [-0.05, 0) is 12.0 Å². The predicted octanol–water partition coefficient (Wildman–Crippen LogP) is 0.919. The number of piperidine rings is 1. The summed E-state index contributed by atoms with van der Waals surface area (Å²) in [5.74, 6) is -1.12. The molecule has 1 aromatic rings. The highest BCUT2D eigenvalue weighted by atomic mass is 16.4. The standard InChI is InChI=1S/C12H13NO3/c14-10-8-12(11(15)16,6-7-13-10)9-4-2-1-3-5-9/h1-5H,6-8H2,(H,13,14)(H,15,16). The summed E-state index contributed by atoms with van der Waals surface area (Å²) in [7, 11) is 0. The van der Waals surface area contributed by atoms with E-state index in [4.69, 9.17) is 0 Å². The fraction of sp³-hybridized carbons (Fsp3) is 0.333. The molecule has 1 saturated heterocycles. The predicted molar refractivity (Wildman–Crippen MR) is 58.0 cm³/mol. The van der Waals surface area contributed by atoms with Crippen molar-refractivity contribution in [3.05, 3.63) is 35.9 Å². The fourth-order valence-electron chi connectivity index (χ4n) is 2.15. The Labute approximate surface area is 93.3 Å². The van der Waals surface area contributed by atoms with E-state index in [1.165, 1.54) is 0 Å². The average Bonchev–Trinajstić information content (AvgIpc) is 2.30. The number of nitrogens with one attached hydrogen (secondary N) is 1. The second-order valence-corrected chi connectivity index (χ2v) is 4.03. The summed E-state index contributed by atoms with van der Waals surface area (Å²) in [6, 6.07) is 8.97. The van der Waals surface area contributed by atoms with E-state index in [2.05, 4.69) is 5.32 Å². The molecule has 1 aliphatic rings. The molecule has 1 amide bonds. The number of amides is 1. The van der Waals surface area contributed by atoms with Crippen molar-refractivity contribution in [2.75, 3.05) is 6.54 Å². The minimum atomic E-state index is -1.05. The first kappa shape index (κ1) is 10.7. The number of aliphatic carboxylic acids is 1. The number of hydrogen-bond acceptors (Lipinski definition) is 2. The molecular weight excluding hydrogens is 206 g/mol. The Morgan fingerprint density at radius 1 is 1.31 bits per heavy atom. The molecule has 1 atom stereocenters. The molecule has 4 heteroatoms. The molecule has 16 heavy (non-hydrogen) atoms. The molecule has 1 aliphatic heterocycles. The van der Waals surface area contributed by atoms with E-state index in [-0.39, 0.29) is 12.3 Å². The number of rotatable bonds is 2. The number of carbonyl (C=O) groups excluding carboxylic acids is 1. The Morgan fingerprint density at radius 3 is 2.56 bits per heavy atom. The highest BCUT2D eigenvalue weighted by molar-refractivity contribution is 5.90. The van der Waals surface area contributed by atoms with E-state index in [0.29, 0.717) is 18.5 Å². The molecule has 1 aromatic carbocycles. The lowest BCUT2D eigenvalue weighted by molar-refractivity contribution is -0.148. The molecule has 0 spiro atoms. The molecule has 1 fully saturated rings. The first-order valence-electron chi connectivity index (χ1n) is 5.21. The van der Waals surface area contributed by atoms with E-state index >= 15 is 0 Å². The van der Waals surface area contributed by atoms with Gasteiger partial charge in [0.05, 0.1) is 0 Å². The Balaban J connectivity index is 2.43. The van der Waals surface area contributed by atoms with Crippen molar-refractivity contribution in [1.29, 1.82) is 0 Å². The van der Waals surface area contributed by atoms with E-state index in [0.717, 1.165) is 0 Å². The summed E-state index contributed by atoms with van der Waals surface area (Å²) in [4.78, 5) is 22.8. The number of carbonyl (C=O) groups is 2. The van der Waals surface area contributed by atoms with Crippen LogP contribution in [-0.4, -0.2) is 23.5 Å².